The molecule has 0 fully saturated rings. The first-order chi connectivity index (χ1) is 9.12. The van der Waals surface area contributed by atoms with Gasteiger partial charge in [0.25, 0.3) is 5.82 Å². The number of allylic oxidation sites excluding steroid dienone is 2. The van der Waals surface area contributed by atoms with Crippen molar-refractivity contribution in [1.82, 2.24) is 9.47 Å². The predicted octanol–water partition coefficient (Wildman–Crippen LogP) is 1.74. The number of hydrogen-bond acceptors (Lipinski definition) is 4. The van der Waals surface area contributed by atoms with Gasteiger partial charge in [0.05, 0.1) is 7.11 Å². The van der Waals surface area contributed by atoms with Gasteiger partial charge in [-0.15, -0.1) is 4.48 Å². The zero-order valence-corrected chi connectivity index (χ0v) is 10.2. The number of pyridine rings is 1. The molecule has 0 saturated heterocycles. The highest BCUT2D eigenvalue weighted by Crippen LogP contribution is 2.28. The van der Waals surface area contributed by atoms with Gasteiger partial charge in [-0.05, 0) is 18.2 Å². The van der Waals surface area contributed by atoms with Gasteiger partial charge in [0.2, 0.25) is 6.20 Å². The van der Waals surface area contributed by atoms with Crippen molar-refractivity contribution in [3.05, 3.63) is 48.3 Å². The summed E-state index contributed by atoms with van der Waals surface area (Å²) in [4.78, 5) is 27.4. The summed E-state index contributed by atoms with van der Waals surface area (Å²) >= 11 is 0. The third-order valence-electron chi connectivity index (χ3n) is 2.79. The van der Waals surface area contributed by atoms with Crippen LogP contribution in [0.1, 0.15) is 10.4 Å². The average molecular weight is 260 g/mol. The molecule has 19 heavy (non-hydrogen) atoms. The highest BCUT2D eigenvalue weighted by molar-refractivity contribution is 5.97. The van der Waals surface area contributed by atoms with Crippen LogP contribution in [0.15, 0.2) is 36.6 Å². The van der Waals surface area contributed by atoms with Crippen LogP contribution in [-0.2, 0) is 4.74 Å². The summed E-state index contributed by atoms with van der Waals surface area (Å²) in [5, 5.41) is 9.48. The van der Waals surface area contributed by atoms with Gasteiger partial charge in [0.1, 0.15) is 12.1 Å². The number of carbonyl (C=O) groups excluding carboxylic acids is 1. The molecule has 6 nitrogen and oxygen atoms in total. The maximum Gasteiger partial charge on any atom is 0.525 e. The fourth-order valence-corrected chi connectivity index (χ4v) is 1.85. The Bertz CT molecular complexity index is 580. The lowest BCUT2D eigenvalue weighted by Gasteiger charge is -2.26. The first kappa shape index (κ1) is 13.0. The Morgan fingerprint density at radius 1 is 1.53 bits per heavy atom. The van der Waals surface area contributed by atoms with E-state index in [2.05, 4.69) is 15.9 Å². The summed E-state index contributed by atoms with van der Waals surface area (Å²) in [6.07, 6.45) is 7.87. The third kappa shape index (κ3) is 2.13. The third-order valence-corrected chi connectivity index (χ3v) is 2.79. The molecular weight excluding hydrogens is 248 g/mol. The summed E-state index contributed by atoms with van der Waals surface area (Å²) in [5.74, 6) is -0.541. The lowest BCUT2D eigenvalue weighted by molar-refractivity contribution is 0.0599. The van der Waals surface area contributed by atoms with Crippen LogP contribution in [0.5, 0.6) is 0 Å². The van der Waals surface area contributed by atoms with Crippen molar-refractivity contribution in [2.45, 2.75) is 0 Å². The van der Waals surface area contributed by atoms with Crippen LogP contribution in [0.4, 0.5) is 10.6 Å². The zero-order chi connectivity index (χ0) is 13.9. The maximum absolute atomic E-state index is 11.7. The van der Waals surface area contributed by atoms with E-state index in [9.17, 15) is 14.7 Å². The Morgan fingerprint density at radius 3 is 2.89 bits per heavy atom. The summed E-state index contributed by atoms with van der Waals surface area (Å²) in [5.41, 5.74) is 0.114. The van der Waals surface area contributed by atoms with Crippen molar-refractivity contribution < 1.29 is 19.4 Å². The molecule has 1 unspecified atom stereocenters. The normalized spacial score (nSPS) is 21.1. The monoisotopic (exact) mass is 260 g/mol. The molecule has 1 amide bonds. The van der Waals surface area contributed by atoms with E-state index >= 15 is 0 Å². The number of carboxylic acid groups (broad SMARTS) is 1. The fraction of sp³-hybridized carbons (Fsp3) is 0.154. The van der Waals surface area contributed by atoms with E-state index in [1.165, 1.54) is 25.4 Å². The molecule has 0 saturated carbocycles. The van der Waals surface area contributed by atoms with Crippen LogP contribution >= 0.6 is 0 Å². The Hall–Kier alpha value is -2.47. The first-order valence-electron chi connectivity index (χ1n) is 5.53. The lowest BCUT2D eigenvalue weighted by atomic mass is 10.2. The van der Waals surface area contributed by atoms with Crippen molar-refractivity contribution in [2.24, 2.45) is 0 Å². The second-order valence-electron chi connectivity index (χ2n) is 3.86. The number of rotatable bonds is 2. The van der Waals surface area contributed by atoms with E-state index in [1.807, 2.05) is 0 Å². The molecule has 6 heteroatoms. The Kier molecular flexibility index (Phi) is 3.43. The molecule has 1 N–H and O–H groups in total. The van der Waals surface area contributed by atoms with Crippen LogP contribution in [-0.4, -0.2) is 35.8 Å². The lowest BCUT2D eigenvalue weighted by Crippen LogP contribution is -2.51. The summed E-state index contributed by atoms with van der Waals surface area (Å²) < 4.78 is 3.98. The molecule has 2 heterocycles. The van der Waals surface area contributed by atoms with Crippen molar-refractivity contribution in [2.75, 3.05) is 13.7 Å². The van der Waals surface area contributed by atoms with E-state index < -0.39 is 16.5 Å². The molecule has 2 rings (SSSR count). The van der Waals surface area contributed by atoms with Gasteiger partial charge in [0, 0.05) is 12.3 Å². The SMILES string of the molecule is COC(=O)c1cccnc1[N+]1(C(=O)O)[C]=CC=CC1. The number of amides is 1. The number of quaternary nitrogens is 1. The number of hydrogen-bond donors (Lipinski definition) is 1. The number of nitrogens with zero attached hydrogens (tertiary/aromatic N) is 2. The van der Waals surface area contributed by atoms with Crippen molar-refractivity contribution >= 4 is 17.9 Å². The minimum Gasteiger partial charge on any atom is -0.465 e. The van der Waals surface area contributed by atoms with Crippen LogP contribution in [0.25, 0.3) is 0 Å². The van der Waals surface area contributed by atoms with Gasteiger partial charge in [-0.3, -0.25) is 0 Å². The van der Waals surface area contributed by atoms with Gasteiger partial charge in [-0.25, -0.2) is 9.78 Å². The van der Waals surface area contributed by atoms with E-state index in [4.69, 9.17) is 0 Å². The van der Waals surface area contributed by atoms with Crippen LogP contribution in [0.2, 0.25) is 0 Å². The molecule has 1 aromatic rings. The highest BCUT2D eigenvalue weighted by atomic mass is 16.5. The molecule has 1 aliphatic heterocycles. The smallest absolute Gasteiger partial charge is 0.465 e. The number of aromatic nitrogens is 1. The summed E-state index contributed by atoms with van der Waals surface area (Å²) in [6.45, 7) is 0.132. The summed E-state index contributed by atoms with van der Waals surface area (Å²) in [6, 6.07) is 3.04. The van der Waals surface area contributed by atoms with E-state index in [-0.39, 0.29) is 17.9 Å². The molecule has 1 aliphatic rings. The van der Waals surface area contributed by atoms with Crippen LogP contribution in [0, 0.1) is 6.20 Å². The van der Waals surface area contributed by atoms with Gasteiger partial charge < -0.3 is 9.84 Å². The quantitative estimate of drug-likeness (QED) is 0.647. The first-order valence-corrected chi connectivity index (χ1v) is 5.53. The molecule has 0 spiro atoms. The van der Waals surface area contributed by atoms with Crippen molar-refractivity contribution in [3.63, 3.8) is 0 Å². The minimum atomic E-state index is -1.16. The maximum atomic E-state index is 11.7. The number of esters is 1. The number of carbonyl (C=O) groups is 2. The van der Waals surface area contributed by atoms with Crippen molar-refractivity contribution in [3.8, 4) is 0 Å². The van der Waals surface area contributed by atoms with Gasteiger partial charge in [-0.1, -0.05) is 6.08 Å². The van der Waals surface area contributed by atoms with Crippen molar-refractivity contribution in [1.29, 1.82) is 0 Å². The molecule has 97 valence electrons. The Labute approximate surface area is 109 Å². The topological polar surface area (TPSA) is 76.5 Å². The zero-order valence-electron chi connectivity index (χ0n) is 10.2. The minimum absolute atomic E-state index is 0.0856. The molecule has 1 radical (unpaired) electrons. The van der Waals surface area contributed by atoms with Crippen LogP contribution < -0.4 is 4.48 Å². The van der Waals surface area contributed by atoms with Gasteiger partial charge >= 0.3 is 12.1 Å². The predicted molar refractivity (Wildman–Crippen MR) is 67.2 cm³/mol. The fourth-order valence-electron chi connectivity index (χ4n) is 1.85. The van der Waals surface area contributed by atoms with E-state index in [0.29, 0.717) is 0 Å². The Balaban J connectivity index is 2.62. The van der Waals surface area contributed by atoms with E-state index in [1.54, 1.807) is 18.2 Å². The van der Waals surface area contributed by atoms with Crippen LogP contribution in [0.3, 0.4) is 0 Å². The Morgan fingerprint density at radius 2 is 2.32 bits per heavy atom. The molecular formula is C13H12N2O4+. The van der Waals surface area contributed by atoms with Gasteiger partial charge in [0.15, 0.2) is 0 Å². The average Bonchev–Trinajstić information content (AvgIpc) is 2.47. The second kappa shape index (κ2) is 5.03. The number of methoxy groups -OCH3 is 1. The second-order valence-corrected chi connectivity index (χ2v) is 3.86. The largest absolute Gasteiger partial charge is 0.525 e. The number of ether oxygens (including phenoxy) is 1. The van der Waals surface area contributed by atoms with E-state index in [0.717, 1.165) is 0 Å². The molecule has 1 aromatic heterocycles. The van der Waals surface area contributed by atoms with Gasteiger partial charge in [-0.2, -0.15) is 4.79 Å². The summed E-state index contributed by atoms with van der Waals surface area (Å²) in [7, 11) is 1.24. The standard InChI is InChI=1S/C13H12N2O4/c1-19-12(16)10-6-5-7-14-11(10)15(13(17)18)8-3-2-4-9-15/h2-7H,8H2,1H3,(H,17,18)/q+1. The molecule has 0 aliphatic carbocycles. The molecule has 1 atom stereocenters. The molecule has 0 aromatic carbocycles. The molecule has 0 bridgehead atoms. The highest BCUT2D eigenvalue weighted by Gasteiger charge is 2.43.